The molecule has 5 nitrogen and oxygen atoms in total. The summed E-state index contributed by atoms with van der Waals surface area (Å²) in [5.74, 6) is -0.205. The van der Waals surface area contributed by atoms with E-state index >= 15 is 0 Å². The second-order valence-electron chi connectivity index (χ2n) is 6.52. The maximum atomic E-state index is 12.6. The van der Waals surface area contributed by atoms with Crippen molar-refractivity contribution in [2.75, 3.05) is 20.2 Å². The van der Waals surface area contributed by atoms with Gasteiger partial charge in [0.1, 0.15) is 0 Å². The van der Waals surface area contributed by atoms with Crippen LogP contribution in [0.5, 0.6) is 0 Å². The number of esters is 1. The fourth-order valence-electron chi connectivity index (χ4n) is 3.64. The second-order valence-corrected chi connectivity index (χ2v) is 6.52. The molecule has 25 heavy (non-hydrogen) atoms. The number of benzene rings is 2. The fraction of sp³-hybridized carbons (Fsp3) is 0.300. The van der Waals surface area contributed by atoms with Gasteiger partial charge in [-0.15, -0.1) is 0 Å². The molecule has 0 aliphatic carbocycles. The molecular formula is C20H20N2O3. The van der Waals surface area contributed by atoms with Crippen molar-refractivity contribution in [3.63, 3.8) is 0 Å². The molecule has 0 aromatic heterocycles. The first kappa shape index (κ1) is 15.8. The van der Waals surface area contributed by atoms with Crippen LogP contribution < -0.4 is 5.32 Å². The van der Waals surface area contributed by atoms with E-state index in [2.05, 4.69) is 11.4 Å². The van der Waals surface area contributed by atoms with Gasteiger partial charge in [0.2, 0.25) is 0 Å². The number of nitrogens with zero attached hydrogens (tertiary/aromatic N) is 1. The highest BCUT2D eigenvalue weighted by Crippen LogP contribution is 2.30. The van der Waals surface area contributed by atoms with Crippen molar-refractivity contribution in [2.24, 2.45) is 0 Å². The van der Waals surface area contributed by atoms with Crippen LogP contribution >= 0.6 is 0 Å². The molecule has 5 heteroatoms. The normalized spacial score (nSPS) is 19.2. The minimum Gasteiger partial charge on any atom is -0.465 e. The van der Waals surface area contributed by atoms with E-state index < -0.39 is 0 Å². The molecule has 2 aliphatic rings. The third-order valence-electron chi connectivity index (χ3n) is 5.05. The van der Waals surface area contributed by atoms with E-state index in [1.54, 1.807) is 12.1 Å². The summed E-state index contributed by atoms with van der Waals surface area (Å²) in [6, 6.07) is 13.6. The molecule has 1 N–H and O–H groups in total. The Bertz CT molecular complexity index is 823. The first-order chi connectivity index (χ1) is 12.2. The van der Waals surface area contributed by atoms with E-state index in [0.29, 0.717) is 18.2 Å². The molecule has 2 aliphatic heterocycles. The molecule has 1 fully saturated rings. The Hall–Kier alpha value is -2.66. The summed E-state index contributed by atoms with van der Waals surface area (Å²) in [7, 11) is 1.37. The Morgan fingerprint density at radius 2 is 1.92 bits per heavy atom. The molecule has 1 atom stereocenters. The van der Waals surface area contributed by atoms with Gasteiger partial charge in [-0.2, -0.15) is 0 Å². The van der Waals surface area contributed by atoms with Crippen LogP contribution in [-0.4, -0.2) is 43.0 Å². The van der Waals surface area contributed by atoms with Crippen molar-refractivity contribution in [1.29, 1.82) is 0 Å². The zero-order valence-corrected chi connectivity index (χ0v) is 14.1. The van der Waals surface area contributed by atoms with Crippen LogP contribution in [0.15, 0.2) is 42.5 Å². The lowest BCUT2D eigenvalue weighted by Gasteiger charge is -2.22. The predicted molar refractivity (Wildman–Crippen MR) is 94.4 cm³/mol. The molecule has 1 saturated heterocycles. The highest BCUT2D eigenvalue weighted by molar-refractivity contribution is 5.99. The minimum absolute atomic E-state index is 0.135. The second kappa shape index (κ2) is 6.33. The first-order valence-electron chi connectivity index (χ1n) is 8.51. The smallest absolute Gasteiger partial charge is 0.337 e. The van der Waals surface area contributed by atoms with Crippen molar-refractivity contribution >= 4 is 11.9 Å². The lowest BCUT2D eigenvalue weighted by Crippen LogP contribution is -2.36. The van der Waals surface area contributed by atoms with Crippen LogP contribution in [0.25, 0.3) is 11.1 Å². The molecule has 2 aromatic rings. The van der Waals surface area contributed by atoms with Crippen molar-refractivity contribution in [1.82, 2.24) is 10.2 Å². The van der Waals surface area contributed by atoms with Gasteiger partial charge in [0.15, 0.2) is 0 Å². The van der Waals surface area contributed by atoms with E-state index in [9.17, 15) is 9.59 Å². The maximum Gasteiger partial charge on any atom is 0.337 e. The van der Waals surface area contributed by atoms with Gasteiger partial charge >= 0.3 is 5.97 Å². The number of methoxy groups -OCH3 is 1. The van der Waals surface area contributed by atoms with Crippen molar-refractivity contribution in [3.05, 3.63) is 59.2 Å². The Morgan fingerprint density at radius 1 is 1.16 bits per heavy atom. The first-order valence-corrected chi connectivity index (χ1v) is 8.51. The average Bonchev–Trinajstić information content (AvgIpc) is 3.29. The summed E-state index contributed by atoms with van der Waals surface area (Å²) >= 11 is 0. The molecule has 2 heterocycles. The number of amides is 1. The molecule has 2 aromatic carbocycles. The summed E-state index contributed by atoms with van der Waals surface area (Å²) in [5, 5.41) is 3.32. The van der Waals surface area contributed by atoms with Gasteiger partial charge in [0, 0.05) is 24.7 Å². The lowest BCUT2D eigenvalue weighted by atomic mass is 9.99. The number of ether oxygens (including phenoxy) is 1. The summed E-state index contributed by atoms with van der Waals surface area (Å²) in [6.45, 7) is 2.53. The molecular weight excluding hydrogens is 316 g/mol. The van der Waals surface area contributed by atoms with Crippen molar-refractivity contribution < 1.29 is 14.3 Å². The Balaban J connectivity index is 1.59. The summed E-state index contributed by atoms with van der Waals surface area (Å²) < 4.78 is 4.73. The van der Waals surface area contributed by atoms with E-state index in [1.807, 2.05) is 29.2 Å². The van der Waals surface area contributed by atoms with Crippen LogP contribution in [-0.2, 0) is 11.3 Å². The zero-order valence-electron chi connectivity index (χ0n) is 14.1. The number of nitrogens with one attached hydrogen (secondary N) is 1. The molecule has 0 saturated carbocycles. The number of hydrogen-bond donors (Lipinski definition) is 1. The van der Waals surface area contributed by atoms with Crippen LogP contribution in [0.3, 0.4) is 0 Å². The maximum absolute atomic E-state index is 12.6. The molecule has 0 spiro atoms. The Labute approximate surface area is 146 Å². The standard InChI is InChI=1S/C20H20N2O3/c1-25-20(24)14-4-2-13(3-5-14)15-6-7-18-16(10-15)12-22(19(18)23)17-8-9-21-11-17/h2-7,10,17,21H,8-9,11-12H2,1H3/t17-/m1/s1. The van der Waals surface area contributed by atoms with Crippen molar-refractivity contribution in [2.45, 2.75) is 19.0 Å². The number of carbonyl (C=O) groups excluding carboxylic acids is 2. The third-order valence-corrected chi connectivity index (χ3v) is 5.05. The summed E-state index contributed by atoms with van der Waals surface area (Å²) in [4.78, 5) is 26.2. The number of hydrogen-bond acceptors (Lipinski definition) is 4. The lowest BCUT2D eigenvalue weighted by molar-refractivity contribution is 0.0600. The molecule has 0 bridgehead atoms. The van der Waals surface area contributed by atoms with E-state index in [4.69, 9.17) is 4.74 Å². The summed E-state index contributed by atoms with van der Waals surface area (Å²) in [6.07, 6.45) is 1.02. The Morgan fingerprint density at radius 3 is 2.60 bits per heavy atom. The minimum atomic E-state index is -0.341. The number of carbonyl (C=O) groups is 2. The zero-order chi connectivity index (χ0) is 17.4. The highest BCUT2D eigenvalue weighted by Gasteiger charge is 2.34. The Kier molecular flexibility index (Phi) is 4.01. The van der Waals surface area contributed by atoms with Crippen LogP contribution in [0.1, 0.15) is 32.7 Å². The molecule has 1 amide bonds. The van der Waals surface area contributed by atoms with Gasteiger partial charge in [-0.25, -0.2) is 4.79 Å². The monoisotopic (exact) mass is 336 g/mol. The van der Waals surface area contributed by atoms with Gasteiger partial charge in [-0.3, -0.25) is 4.79 Å². The molecule has 0 unspecified atom stereocenters. The molecule has 0 radical (unpaired) electrons. The van der Waals surface area contributed by atoms with Gasteiger partial charge in [-0.1, -0.05) is 18.2 Å². The van der Waals surface area contributed by atoms with Gasteiger partial charge in [0.25, 0.3) is 5.91 Å². The van der Waals surface area contributed by atoms with Gasteiger partial charge < -0.3 is 15.0 Å². The predicted octanol–water partition coefficient (Wildman–Crippen LogP) is 2.46. The highest BCUT2D eigenvalue weighted by atomic mass is 16.5. The fourth-order valence-corrected chi connectivity index (χ4v) is 3.64. The topological polar surface area (TPSA) is 58.6 Å². The van der Waals surface area contributed by atoms with Gasteiger partial charge in [-0.05, 0) is 53.9 Å². The quantitative estimate of drug-likeness (QED) is 0.875. The van der Waals surface area contributed by atoms with Gasteiger partial charge in [0.05, 0.1) is 12.7 Å². The summed E-state index contributed by atoms with van der Waals surface area (Å²) in [5.41, 5.74) is 4.48. The largest absolute Gasteiger partial charge is 0.465 e. The van der Waals surface area contributed by atoms with Crippen LogP contribution in [0, 0.1) is 0 Å². The molecule has 4 rings (SSSR count). The van der Waals surface area contributed by atoms with E-state index in [-0.39, 0.29) is 11.9 Å². The number of rotatable bonds is 3. The van der Waals surface area contributed by atoms with E-state index in [1.165, 1.54) is 7.11 Å². The molecule has 128 valence electrons. The third kappa shape index (κ3) is 2.81. The van der Waals surface area contributed by atoms with Crippen LogP contribution in [0.2, 0.25) is 0 Å². The van der Waals surface area contributed by atoms with E-state index in [0.717, 1.165) is 41.8 Å². The number of fused-ring (bicyclic) bond motifs is 1. The SMILES string of the molecule is COC(=O)c1ccc(-c2ccc3c(c2)CN([C@@H]2CCNC2)C3=O)cc1. The average molecular weight is 336 g/mol. The van der Waals surface area contributed by atoms with Crippen molar-refractivity contribution in [3.8, 4) is 11.1 Å². The van der Waals surface area contributed by atoms with Crippen LogP contribution in [0.4, 0.5) is 0 Å².